The monoisotopic (exact) mass is 270 g/mol. The van der Waals surface area contributed by atoms with Gasteiger partial charge < -0.3 is 10.5 Å². The summed E-state index contributed by atoms with van der Waals surface area (Å²) in [5, 5.41) is 0. The van der Waals surface area contributed by atoms with E-state index in [1.165, 1.54) is 56.6 Å². The Balaban J connectivity index is 1.66. The lowest BCUT2D eigenvalue weighted by atomic mass is 9.84. The molecule has 3 aliphatic rings. The van der Waals surface area contributed by atoms with Crippen LogP contribution < -0.4 is 5.73 Å². The molecule has 2 N–H and O–H groups in total. The van der Waals surface area contributed by atoms with Gasteiger partial charge in [-0.05, 0) is 56.6 Å². The number of rotatable bonds is 2. The van der Waals surface area contributed by atoms with E-state index < -0.39 is 0 Å². The molecule has 3 rings (SSSR count). The van der Waals surface area contributed by atoms with Gasteiger partial charge in [0.05, 0.1) is 5.60 Å². The van der Waals surface area contributed by atoms with Gasteiger partial charge >= 0.3 is 0 Å². The molecular weight excluding hydrogens is 244 g/mol. The Morgan fingerprint density at radius 1 is 1.28 bits per heavy atom. The smallest absolute Gasteiger partial charge is 0.0713 e. The van der Waals surface area contributed by atoms with Crippen LogP contribution in [-0.4, -0.2) is 53.8 Å². The van der Waals surface area contributed by atoms with Gasteiger partial charge in [0.25, 0.3) is 0 Å². The van der Waals surface area contributed by atoms with Gasteiger partial charge in [-0.15, -0.1) is 0 Å². The van der Waals surface area contributed by atoms with Crippen LogP contribution in [0.3, 0.4) is 0 Å². The molecular formula is C14H26N2OS. The average Bonchev–Trinajstić information content (AvgIpc) is 2.88. The van der Waals surface area contributed by atoms with Gasteiger partial charge in [-0.3, -0.25) is 4.90 Å². The SMILES string of the molecule is NCC1CCCN1C1CCOC2(CCSCC2)C1. The summed E-state index contributed by atoms with van der Waals surface area (Å²) < 4.78 is 6.19. The summed E-state index contributed by atoms with van der Waals surface area (Å²) in [5.41, 5.74) is 6.14. The van der Waals surface area contributed by atoms with E-state index in [9.17, 15) is 0 Å². The van der Waals surface area contributed by atoms with Gasteiger partial charge in [-0.25, -0.2) is 0 Å². The molecule has 3 saturated heterocycles. The largest absolute Gasteiger partial charge is 0.375 e. The van der Waals surface area contributed by atoms with E-state index in [1.807, 2.05) is 0 Å². The molecule has 0 aliphatic carbocycles. The third kappa shape index (κ3) is 2.58. The van der Waals surface area contributed by atoms with E-state index in [-0.39, 0.29) is 5.60 Å². The highest BCUT2D eigenvalue weighted by Gasteiger charge is 2.42. The third-order valence-corrected chi connectivity index (χ3v) is 6.02. The summed E-state index contributed by atoms with van der Waals surface area (Å²) in [7, 11) is 0. The van der Waals surface area contributed by atoms with Gasteiger partial charge in [0.1, 0.15) is 0 Å². The van der Waals surface area contributed by atoms with Crippen LogP contribution in [0.15, 0.2) is 0 Å². The quantitative estimate of drug-likeness (QED) is 0.831. The van der Waals surface area contributed by atoms with E-state index in [4.69, 9.17) is 10.5 Å². The van der Waals surface area contributed by atoms with E-state index in [1.54, 1.807) is 0 Å². The maximum Gasteiger partial charge on any atom is 0.0713 e. The maximum absolute atomic E-state index is 6.19. The molecule has 0 amide bonds. The van der Waals surface area contributed by atoms with E-state index in [0.29, 0.717) is 6.04 Å². The number of nitrogens with two attached hydrogens (primary N) is 1. The topological polar surface area (TPSA) is 38.5 Å². The van der Waals surface area contributed by atoms with Crippen molar-refractivity contribution in [1.29, 1.82) is 0 Å². The van der Waals surface area contributed by atoms with Crippen LogP contribution in [0.4, 0.5) is 0 Å². The molecule has 0 aromatic carbocycles. The summed E-state index contributed by atoms with van der Waals surface area (Å²) in [5.74, 6) is 2.57. The van der Waals surface area contributed by atoms with Crippen molar-refractivity contribution in [2.24, 2.45) is 5.73 Å². The van der Waals surface area contributed by atoms with Gasteiger partial charge in [0, 0.05) is 25.2 Å². The minimum Gasteiger partial charge on any atom is -0.375 e. The van der Waals surface area contributed by atoms with Crippen molar-refractivity contribution in [3.05, 3.63) is 0 Å². The number of thioether (sulfide) groups is 1. The second kappa shape index (κ2) is 5.70. The first-order valence-corrected chi connectivity index (χ1v) is 8.66. The van der Waals surface area contributed by atoms with Gasteiger partial charge in [0.15, 0.2) is 0 Å². The Labute approximate surface area is 115 Å². The molecule has 1 spiro atoms. The molecule has 4 heteroatoms. The summed E-state index contributed by atoms with van der Waals surface area (Å²) >= 11 is 2.09. The van der Waals surface area contributed by atoms with Crippen molar-refractivity contribution in [1.82, 2.24) is 4.90 Å². The zero-order valence-corrected chi connectivity index (χ0v) is 12.1. The lowest BCUT2D eigenvalue weighted by molar-refractivity contribution is -0.111. The molecule has 0 saturated carbocycles. The van der Waals surface area contributed by atoms with Crippen molar-refractivity contribution in [2.45, 2.75) is 56.2 Å². The van der Waals surface area contributed by atoms with Crippen molar-refractivity contribution >= 4 is 11.8 Å². The number of likely N-dealkylation sites (tertiary alicyclic amines) is 1. The lowest BCUT2D eigenvalue weighted by Crippen LogP contribution is -2.52. The molecule has 3 nitrogen and oxygen atoms in total. The number of hydrogen-bond donors (Lipinski definition) is 1. The van der Waals surface area contributed by atoms with Gasteiger partial charge in [-0.2, -0.15) is 11.8 Å². The highest BCUT2D eigenvalue weighted by atomic mass is 32.2. The Hall–Kier alpha value is 0.230. The van der Waals surface area contributed by atoms with Crippen LogP contribution in [0.1, 0.15) is 38.5 Å². The molecule has 0 bridgehead atoms. The molecule has 2 unspecified atom stereocenters. The van der Waals surface area contributed by atoms with E-state index in [0.717, 1.165) is 19.2 Å². The highest BCUT2D eigenvalue weighted by Crippen LogP contribution is 2.40. The number of hydrogen-bond acceptors (Lipinski definition) is 4. The van der Waals surface area contributed by atoms with Crippen LogP contribution in [0.2, 0.25) is 0 Å². The molecule has 104 valence electrons. The first kappa shape index (κ1) is 13.2. The summed E-state index contributed by atoms with van der Waals surface area (Å²) in [6.07, 6.45) is 7.62. The van der Waals surface area contributed by atoms with Gasteiger partial charge in [0.2, 0.25) is 0 Å². The fourth-order valence-electron chi connectivity index (χ4n) is 3.97. The molecule has 0 radical (unpaired) electrons. The van der Waals surface area contributed by atoms with E-state index >= 15 is 0 Å². The standard InChI is InChI=1S/C14H26N2OS/c15-11-13-2-1-6-16(13)12-3-7-17-14(10-12)4-8-18-9-5-14/h12-13H,1-11,15H2. The average molecular weight is 270 g/mol. The second-order valence-corrected chi connectivity index (χ2v) is 7.28. The number of ether oxygens (including phenoxy) is 1. The van der Waals surface area contributed by atoms with Crippen molar-refractivity contribution < 1.29 is 4.74 Å². The predicted molar refractivity (Wildman–Crippen MR) is 77.0 cm³/mol. The first-order chi connectivity index (χ1) is 8.83. The Morgan fingerprint density at radius 3 is 2.89 bits per heavy atom. The van der Waals surface area contributed by atoms with Crippen LogP contribution in [-0.2, 0) is 4.74 Å². The molecule has 2 atom stereocenters. The van der Waals surface area contributed by atoms with Crippen molar-refractivity contribution in [3.63, 3.8) is 0 Å². The number of nitrogens with zero attached hydrogens (tertiary/aromatic N) is 1. The van der Waals surface area contributed by atoms with Crippen molar-refractivity contribution in [3.8, 4) is 0 Å². The fraction of sp³-hybridized carbons (Fsp3) is 1.00. The third-order valence-electron chi connectivity index (χ3n) is 5.03. The molecule has 3 aliphatic heterocycles. The summed E-state index contributed by atoms with van der Waals surface area (Å²) in [6, 6.07) is 1.38. The van der Waals surface area contributed by atoms with Crippen LogP contribution in [0.25, 0.3) is 0 Å². The van der Waals surface area contributed by atoms with E-state index in [2.05, 4.69) is 16.7 Å². The first-order valence-electron chi connectivity index (χ1n) is 7.50. The van der Waals surface area contributed by atoms with Gasteiger partial charge in [-0.1, -0.05) is 0 Å². The Kier molecular flexibility index (Phi) is 4.18. The molecule has 3 fully saturated rings. The molecule has 3 heterocycles. The molecule has 0 aromatic rings. The zero-order valence-electron chi connectivity index (χ0n) is 11.3. The zero-order chi connectivity index (χ0) is 12.4. The minimum absolute atomic E-state index is 0.218. The summed E-state index contributed by atoms with van der Waals surface area (Å²) in [6.45, 7) is 3.06. The maximum atomic E-state index is 6.19. The predicted octanol–water partition coefficient (Wildman–Crippen LogP) is 1.85. The van der Waals surface area contributed by atoms with Crippen LogP contribution in [0.5, 0.6) is 0 Å². The fourth-order valence-corrected chi connectivity index (χ4v) is 5.21. The van der Waals surface area contributed by atoms with Crippen LogP contribution >= 0.6 is 11.8 Å². The normalized spacial score (nSPS) is 37.2. The Bertz CT molecular complexity index is 275. The minimum atomic E-state index is 0.218. The Morgan fingerprint density at radius 2 is 2.11 bits per heavy atom. The molecule has 18 heavy (non-hydrogen) atoms. The molecule has 0 aromatic heterocycles. The van der Waals surface area contributed by atoms with Crippen molar-refractivity contribution in [2.75, 3.05) is 31.2 Å². The van der Waals surface area contributed by atoms with Crippen LogP contribution in [0, 0.1) is 0 Å². The summed E-state index contributed by atoms with van der Waals surface area (Å²) in [4.78, 5) is 2.70. The highest BCUT2D eigenvalue weighted by molar-refractivity contribution is 7.99. The lowest BCUT2D eigenvalue weighted by Gasteiger charge is -2.46. The second-order valence-electron chi connectivity index (χ2n) is 6.06.